The lowest BCUT2D eigenvalue weighted by atomic mass is 9.97. The Morgan fingerprint density at radius 1 is 1.21 bits per heavy atom. The number of esters is 1. The number of nitrogens with one attached hydrogen (secondary N) is 2. The van der Waals surface area contributed by atoms with Gasteiger partial charge in [0.1, 0.15) is 17.7 Å². The molecule has 1 rings (SSSR count). The summed E-state index contributed by atoms with van der Waals surface area (Å²) in [6.07, 6.45) is 5.44. The molecular weight excluding hydrogens is 492 g/mol. The largest absolute Gasteiger partial charge is 0.466 e. The molecule has 4 amide bonds. The second-order valence-electron chi connectivity index (χ2n) is 9.13. The van der Waals surface area contributed by atoms with E-state index in [1.165, 1.54) is 6.08 Å². The van der Waals surface area contributed by atoms with Crippen molar-refractivity contribution in [1.82, 2.24) is 15.5 Å². The molecule has 11 nitrogen and oxygen atoms in total. The van der Waals surface area contributed by atoms with E-state index in [0.29, 0.717) is 11.1 Å². The highest BCUT2D eigenvalue weighted by atomic mass is 16.6. The fourth-order valence-corrected chi connectivity index (χ4v) is 3.45. The van der Waals surface area contributed by atoms with Crippen molar-refractivity contribution in [3.8, 4) is 12.3 Å². The Morgan fingerprint density at radius 2 is 1.87 bits per heavy atom. The molecule has 4 N–H and O–H groups in total. The third-order valence-corrected chi connectivity index (χ3v) is 4.91. The minimum absolute atomic E-state index is 0.0661. The third-order valence-electron chi connectivity index (χ3n) is 4.91. The van der Waals surface area contributed by atoms with Crippen LogP contribution in [-0.2, 0) is 28.7 Å². The molecule has 0 aliphatic rings. The van der Waals surface area contributed by atoms with Gasteiger partial charge in [-0.05, 0) is 39.3 Å². The number of ether oxygens (including phenoxy) is 2. The Labute approximate surface area is 223 Å². The minimum atomic E-state index is -1.45. The van der Waals surface area contributed by atoms with E-state index in [9.17, 15) is 24.0 Å². The van der Waals surface area contributed by atoms with Gasteiger partial charge in [0, 0.05) is 18.7 Å². The van der Waals surface area contributed by atoms with Crippen LogP contribution in [0.3, 0.4) is 0 Å². The quantitative estimate of drug-likeness (QED) is 0.199. The highest BCUT2D eigenvalue weighted by molar-refractivity contribution is 5.95. The molecule has 11 heteroatoms. The maximum atomic E-state index is 13.8. The lowest BCUT2D eigenvalue weighted by molar-refractivity contribution is -0.144. The summed E-state index contributed by atoms with van der Waals surface area (Å²) in [5, 5.41) is 5.00. The zero-order chi connectivity index (χ0) is 28.9. The lowest BCUT2D eigenvalue weighted by Gasteiger charge is -2.34. The lowest BCUT2D eigenvalue weighted by Crippen LogP contribution is -2.54. The molecular formula is C27H36N4O7. The van der Waals surface area contributed by atoms with E-state index in [2.05, 4.69) is 23.1 Å². The van der Waals surface area contributed by atoms with Crippen LogP contribution in [-0.4, -0.2) is 66.0 Å². The Balaban J connectivity index is 3.46. The number of amides is 4. The Hall–Kier alpha value is -4.33. The van der Waals surface area contributed by atoms with Gasteiger partial charge in [-0.1, -0.05) is 30.2 Å². The first-order chi connectivity index (χ1) is 17.8. The molecule has 1 aromatic rings. The summed E-state index contributed by atoms with van der Waals surface area (Å²) in [6, 6.07) is 3.75. The van der Waals surface area contributed by atoms with Crippen molar-refractivity contribution in [3.05, 3.63) is 48.0 Å². The second-order valence-corrected chi connectivity index (χ2v) is 9.13. The molecule has 38 heavy (non-hydrogen) atoms. The van der Waals surface area contributed by atoms with Gasteiger partial charge in [-0.3, -0.25) is 19.2 Å². The number of hydrogen-bond donors (Lipinski definition) is 3. The summed E-state index contributed by atoms with van der Waals surface area (Å²) < 4.78 is 10.1. The Kier molecular flexibility index (Phi) is 12.5. The number of rotatable bonds is 13. The van der Waals surface area contributed by atoms with Crippen molar-refractivity contribution in [2.24, 2.45) is 5.73 Å². The van der Waals surface area contributed by atoms with Gasteiger partial charge in [0.25, 0.3) is 0 Å². The molecule has 1 aromatic carbocycles. The van der Waals surface area contributed by atoms with E-state index >= 15 is 0 Å². The van der Waals surface area contributed by atoms with Gasteiger partial charge in [0.05, 0.1) is 19.4 Å². The van der Waals surface area contributed by atoms with Gasteiger partial charge in [-0.25, -0.2) is 4.79 Å². The molecule has 0 saturated heterocycles. The van der Waals surface area contributed by atoms with Gasteiger partial charge in [-0.15, -0.1) is 13.0 Å². The Morgan fingerprint density at radius 3 is 2.42 bits per heavy atom. The monoisotopic (exact) mass is 528 g/mol. The van der Waals surface area contributed by atoms with Crippen LogP contribution in [0.1, 0.15) is 57.7 Å². The van der Waals surface area contributed by atoms with E-state index in [1.54, 1.807) is 52.0 Å². The Bertz CT molecular complexity index is 1070. The molecule has 2 atom stereocenters. The average Bonchev–Trinajstić information content (AvgIpc) is 2.82. The van der Waals surface area contributed by atoms with Crippen molar-refractivity contribution in [2.45, 2.75) is 58.2 Å². The van der Waals surface area contributed by atoms with Crippen LogP contribution in [0.4, 0.5) is 4.79 Å². The molecule has 0 spiro atoms. The smallest absolute Gasteiger partial charge is 0.408 e. The molecule has 0 radical (unpaired) electrons. The van der Waals surface area contributed by atoms with Gasteiger partial charge < -0.3 is 30.7 Å². The minimum Gasteiger partial charge on any atom is -0.466 e. The number of carbonyl (C=O) groups excluding carboxylic acids is 5. The first-order valence-corrected chi connectivity index (χ1v) is 12.0. The summed E-state index contributed by atoms with van der Waals surface area (Å²) in [7, 11) is 0. The third kappa shape index (κ3) is 10.3. The topological polar surface area (TPSA) is 157 Å². The van der Waals surface area contributed by atoms with Gasteiger partial charge in [0.2, 0.25) is 17.7 Å². The predicted molar refractivity (Wildman–Crippen MR) is 140 cm³/mol. The number of hydrogen-bond acceptors (Lipinski definition) is 7. The molecule has 0 saturated carbocycles. The molecule has 0 fully saturated rings. The predicted octanol–water partition coefficient (Wildman–Crippen LogP) is 1.56. The van der Waals surface area contributed by atoms with E-state index in [1.807, 2.05) is 0 Å². The number of nitrogens with zero attached hydrogens (tertiary/aromatic N) is 1. The van der Waals surface area contributed by atoms with Crippen LogP contribution in [0.15, 0.2) is 36.9 Å². The molecule has 2 unspecified atom stereocenters. The number of primary amides is 1. The molecule has 0 aliphatic heterocycles. The van der Waals surface area contributed by atoms with Gasteiger partial charge >= 0.3 is 12.1 Å². The normalized spacial score (nSPS) is 12.2. The summed E-state index contributed by atoms with van der Waals surface area (Å²) in [6.45, 7) is 10.2. The standard InChI is InChI=1S/C27H36N4O7/c1-7-16-31(25(35)20(17-21(28)32)30-26(36)38-27(4,5)6)23(19-13-11-10-12-18(19)8-2)24(34)29-15-14-22(33)37-9-3/h2,7,10-13,20,23H,1,9,14-17H2,3-6H3,(H2,28,32)(H,29,34)(H,30,36). The SMILES string of the molecule is C#Cc1ccccc1C(C(=O)NCCC(=O)OCC)N(CC=C)C(=O)C(CC(N)=O)NC(=O)OC(C)(C)C. The van der Waals surface area contributed by atoms with Crippen LogP contribution in [0.25, 0.3) is 0 Å². The number of benzene rings is 1. The maximum Gasteiger partial charge on any atom is 0.408 e. The zero-order valence-electron chi connectivity index (χ0n) is 22.2. The van der Waals surface area contributed by atoms with Crippen LogP contribution < -0.4 is 16.4 Å². The van der Waals surface area contributed by atoms with E-state index in [0.717, 1.165) is 4.90 Å². The zero-order valence-corrected chi connectivity index (χ0v) is 22.2. The van der Waals surface area contributed by atoms with E-state index in [4.69, 9.17) is 21.6 Å². The first-order valence-electron chi connectivity index (χ1n) is 12.0. The summed E-state index contributed by atoms with van der Waals surface area (Å²) in [4.78, 5) is 64.3. The number of terminal acetylenes is 1. The van der Waals surface area contributed by atoms with Crippen LogP contribution in [0.2, 0.25) is 0 Å². The number of carbonyl (C=O) groups is 5. The molecule has 0 aromatic heterocycles. The van der Waals surface area contributed by atoms with Crippen molar-refractivity contribution < 1.29 is 33.4 Å². The number of nitrogens with two attached hydrogens (primary N) is 1. The first kappa shape index (κ1) is 31.7. The van der Waals surface area contributed by atoms with Gasteiger partial charge in [-0.2, -0.15) is 0 Å². The van der Waals surface area contributed by atoms with Crippen molar-refractivity contribution in [1.29, 1.82) is 0 Å². The summed E-state index contributed by atoms with van der Waals surface area (Å²) in [5.41, 5.74) is 5.12. The van der Waals surface area contributed by atoms with Gasteiger partial charge in [0.15, 0.2) is 0 Å². The van der Waals surface area contributed by atoms with Crippen LogP contribution >= 0.6 is 0 Å². The highest BCUT2D eigenvalue weighted by Crippen LogP contribution is 2.26. The fourth-order valence-electron chi connectivity index (χ4n) is 3.45. The molecule has 0 aliphatic carbocycles. The summed E-state index contributed by atoms with van der Waals surface area (Å²) in [5.74, 6) is -0.322. The van der Waals surface area contributed by atoms with E-state index in [-0.39, 0.29) is 26.1 Å². The highest BCUT2D eigenvalue weighted by Gasteiger charge is 2.37. The average molecular weight is 529 g/mol. The van der Waals surface area contributed by atoms with Crippen LogP contribution in [0.5, 0.6) is 0 Å². The van der Waals surface area contributed by atoms with Crippen molar-refractivity contribution >= 4 is 29.8 Å². The fraction of sp³-hybridized carbons (Fsp3) is 0.444. The summed E-state index contributed by atoms with van der Waals surface area (Å²) >= 11 is 0. The molecule has 206 valence electrons. The number of alkyl carbamates (subject to hydrolysis) is 1. The second kappa shape index (κ2) is 15.0. The maximum absolute atomic E-state index is 13.8. The van der Waals surface area contributed by atoms with Crippen LogP contribution in [0, 0.1) is 12.3 Å². The van der Waals surface area contributed by atoms with Crippen molar-refractivity contribution in [2.75, 3.05) is 19.7 Å². The molecule has 0 heterocycles. The van der Waals surface area contributed by atoms with Crippen molar-refractivity contribution in [3.63, 3.8) is 0 Å². The molecule has 0 bridgehead atoms. The van der Waals surface area contributed by atoms with E-state index < -0.39 is 53.9 Å².